The Morgan fingerprint density at radius 1 is 1.04 bits per heavy atom. The Labute approximate surface area is 264 Å². The Bertz CT molecular complexity index is 1900. The van der Waals surface area contributed by atoms with Crippen LogP contribution in [0, 0.1) is 5.82 Å². The van der Waals surface area contributed by atoms with Gasteiger partial charge in [0.1, 0.15) is 11.6 Å². The first kappa shape index (κ1) is 28.4. The molecule has 0 bridgehead atoms. The van der Waals surface area contributed by atoms with Crippen molar-refractivity contribution >= 4 is 22.6 Å². The highest BCUT2D eigenvalue weighted by atomic mass is 35.5. The number of hydrogen-bond acceptors (Lipinski definition) is 8. The van der Waals surface area contributed by atoms with Gasteiger partial charge in [0.15, 0.2) is 17.3 Å². The van der Waals surface area contributed by atoms with Crippen molar-refractivity contribution in [2.45, 2.75) is 57.1 Å². The number of nitrogens with zero attached hydrogens (tertiary/aromatic N) is 4. The zero-order valence-corrected chi connectivity index (χ0v) is 25.5. The molecule has 3 aromatic carbocycles. The molecule has 5 aromatic rings. The van der Waals surface area contributed by atoms with Gasteiger partial charge < -0.3 is 28.4 Å². The first-order chi connectivity index (χ1) is 21.8. The minimum absolute atomic E-state index is 0.147. The molecule has 5 heterocycles. The summed E-state index contributed by atoms with van der Waals surface area (Å²) in [5.74, 6) is 1.20. The van der Waals surface area contributed by atoms with E-state index in [2.05, 4.69) is 20.7 Å². The van der Waals surface area contributed by atoms with Crippen LogP contribution in [0.5, 0.6) is 17.4 Å². The van der Waals surface area contributed by atoms with E-state index in [0.29, 0.717) is 34.4 Å². The van der Waals surface area contributed by atoms with Gasteiger partial charge in [-0.05, 0) is 85.9 Å². The summed E-state index contributed by atoms with van der Waals surface area (Å²) in [6.45, 7) is 5.79. The Kier molecular flexibility index (Phi) is 6.96. The first-order valence-corrected chi connectivity index (χ1v) is 15.7. The molecule has 0 radical (unpaired) electrons. The average Bonchev–Trinajstić information content (AvgIpc) is 3.69. The second kappa shape index (κ2) is 11.0. The maximum atomic E-state index is 14.9. The van der Waals surface area contributed by atoms with E-state index in [-0.39, 0.29) is 17.9 Å². The Hall–Kier alpha value is -4.12. The Morgan fingerprint density at radius 2 is 1.89 bits per heavy atom. The van der Waals surface area contributed by atoms with Crippen molar-refractivity contribution in [1.82, 2.24) is 19.6 Å². The standard InChI is InChI=1S/C34H32ClFN4O5/c1-34(25-7-6-22(35)16-26(25)36)43-29-4-2-3-24(33(29)44-34)20-9-12-39(13-10-20)19-31-37-27-15-21(30-17-32(41)38-45-30)5-8-28(27)40(31)18-23-11-14-42-23/h2-8,15-17,20,23H,9-14,18-19H2,1H3,(H,38,41). The van der Waals surface area contributed by atoms with Crippen molar-refractivity contribution in [3.63, 3.8) is 0 Å². The van der Waals surface area contributed by atoms with E-state index in [4.69, 9.17) is 35.3 Å². The van der Waals surface area contributed by atoms with Gasteiger partial charge in [0, 0.05) is 35.7 Å². The minimum Gasteiger partial charge on any atom is -0.491 e. The van der Waals surface area contributed by atoms with Crippen LogP contribution >= 0.6 is 11.6 Å². The summed E-state index contributed by atoms with van der Waals surface area (Å²) in [5, 5.41) is 13.6. The molecule has 1 N–H and O–H groups in total. The second-order valence-corrected chi connectivity index (χ2v) is 12.6. The normalized spacial score (nSPS) is 21.8. The number of aromatic nitrogens is 3. The van der Waals surface area contributed by atoms with Crippen molar-refractivity contribution in [1.29, 1.82) is 0 Å². The van der Waals surface area contributed by atoms with Crippen LogP contribution in [0.2, 0.25) is 5.02 Å². The molecular formula is C34H32ClFN4O5. The topological polar surface area (TPSA) is 95.0 Å². The van der Waals surface area contributed by atoms with Gasteiger partial charge in [-0.3, -0.25) is 4.90 Å². The van der Waals surface area contributed by atoms with Gasteiger partial charge in [-0.15, -0.1) is 0 Å². The monoisotopic (exact) mass is 630 g/mol. The molecule has 2 unspecified atom stereocenters. The zero-order chi connectivity index (χ0) is 30.7. The molecule has 2 fully saturated rings. The molecule has 9 nitrogen and oxygen atoms in total. The number of hydrogen-bond donors (Lipinski definition) is 1. The van der Waals surface area contributed by atoms with Crippen LogP contribution in [0.3, 0.4) is 0 Å². The Balaban J connectivity index is 1.000. The van der Waals surface area contributed by atoms with Crippen LogP contribution < -0.4 is 9.47 Å². The molecule has 3 aliphatic heterocycles. The number of fused-ring (bicyclic) bond motifs is 2. The summed E-state index contributed by atoms with van der Waals surface area (Å²) in [6, 6.07) is 18.0. The number of ether oxygens (including phenoxy) is 3. The van der Waals surface area contributed by atoms with Gasteiger partial charge in [0.25, 0.3) is 11.7 Å². The molecule has 0 aliphatic carbocycles. The van der Waals surface area contributed by atoms with E-state index in [0.717, 1.165) is 73.5 Å². The Morgan fingerprint density at radius 3 is 2.62 bits per heavy atom. The summed E-state index contributed by atoms with van der Waals surface area (Å²) < 4.78 is 40.8. The van der Waals surface area contributed by atoms with Gasteiger partial charge in [-0.25, -0.2) is 9.37 Å². The number of piperidine rings is 1. The third kappa shape index (κ3) is 5.20. The molecule has 0 amide bonds. The number of aromatic hydroxyl groups is 1. The van der Waals surface area contributed by atoms with Gasteiger partial charge in [0.2, 0.25) is 0 Å². The molecule has 2 aromatic heterocycles. The minimum atomic E-state index is -1.27. The summed E-state index contributed by atoms with van der Waals surface area (Å²) in [5.41, 5.74) is 4.12. The van der Waals surface area contributed by atoms with E-state index in [1.54, 1.807) is 19.1 Å². The van der Waals surface area contributed by atoms with Crippen molar-refractivity contribution in [2.24, 2.45) is 0 Å². The van der Waals surface area contributed by atoms with Crippen molar-refractivity contribution in [3.05, 3.63) is 88.5 Å². The van der Waals surface area contributed by atoms with Crippen molar-refractivity contribution in [3.8, 4) is 28.7 Å². The molecule has 8 rings (SSSR count). The SMILES string of the molecule is CC1(c2ccc(Cl)cc2F)Oc2cccc(C3CCN(Cc4nc5cc(-c6cc(O)no6)ccc5n4CC4CCO4)CC3)c2O1. The lowest BCUT2D eigenvalue weighted by Crippen LogP contribution is -2.35. The van der Waals surface area contributed by atoms with Gasteiger partial charge in [0.05, 0.1) is 35.8 Å². The largest absolute Gasteiger partial charge is 0.491 e. The molecule has 45 heavy (non-hydrogen) atoms. The van der Waals surface area contributed by atoms with Crippen LogP contribution in [0.25, 0.3) is 22.4 Å². The number of imidazole rings is 1. The summed E-state index contributed by atoms with van der Waals surface area (Å²) in [7, 11) is 0. The number of rotatable bonds is 7. The molecule has 11 heteroatoms. The fourth-order valence-corrected chi connectivity index (χ4v) is 6.89. The number of likely N-dealkylation sites (tertiary alicyclic amines) is 1. The molecule has 2 atom stereocenters. The molecule has 0 saturated carbocycles. The fourth-order valence-electron chi connectivity index (χ4n) is 6.73. The fraction of sp³-hybridized carbons (Fsp3) is 0.353. The van der Waals surface area contributed by atoms with E-state index in [1.165, 1.54) is 12.1 Å². The predicted molar refractivity (Wildman–Crippen MR) is 165 cm³/mol. The smallest absolute Gasteiger partial charge is 0.278 e. The summed E-state index contributed by atoms with van der Waals surface area (Å²) in [4.78, 5) is 7.50. The van der Waals surface area contributed by atoms with E-state index >= 15 is 0 Å². The number of benzene rings is 3. The van der Waals surface area contributed by atoms with Crippen molar-refractivity contribution in [2.75, 3.05) is 19.7 Å². The summed E-state index contributed by atoms with van der Waals surface area (Å²) >= 11 is 5.99. The molecule has 3 aliphatic rings. The van der Waals surface area contributed by atoms with Gasteiger partial charge in [-0.1, -0.05) is 23.7 Å². The van der Waals surface area contributed by atoms with E-state index in [9.17, 15) is 9.50 Å². The highest BCUT2D eigenvalue weighted by Crippen LogP contribution is 2.50. The lowest BCUT2D eigenvalue weighted by atomic mass is 9.88. The first-order valence-electron chi connectivity index (χ1n) is 15.3. The van der Waals surface area contributed by atoms with Crippen LogP contribution in [0.4, 0.5) is 4.39 Å². The van der Waals surface area contributed by atoms with Gasteiger partial charge >= 0.3 is 0 Å². The predicted octanol–water partition coefficient (Wildman–Crippen LogP) is 7.00. The third-order valence-corrected chi connectivity index (χ3v) is 9.45. The van der Waals surface area contributed by atoms with E-state index < -0.39 is 11.6 Å². The highest BCUT2D eigenvalue weighted by Gasteiger charge is 2.43. The number of para-hydroxylation sites is 1. The van der Waals surface area contributed by atoms with Crippen LogP contribution in [0.1, 0.15) is 49.1 Å². The third-order valence-electron chi connectivity index (χ3n) is 9.21. The quantitative estimate of drug-likeness (QED) is 0.205. The molecule has 0 spiro atoms. The van der Waals surface area contributed by atoms with E-state index in [1.807, 2.05) is 30.3 Å². The van der Waals surface area contributed by atoms with Crippen LogP contribution in [-0.2, 0) is 23.6 Å². The molecular weight excluding hydrogens is 599 g/mol. The highest BCUT2D eigenvalue weighted by molar-refractivity contribution is 6.30. The maximum absolute atomic E-state index is 14.9. The zero-order valence-electron chi connectivity index (χ0n) is 24.7. The maximum Gasteiger partial charge on any atom is 0.278 e. The molecule has 2 saturated heterocycles. The average molecular weight is 631 g/mol. The second-order valence-electron chi connectivity index (χ2n) is 12.2. The van der Waals surface area contributed by atoms with Crippen LogP contribution in [-0.4, -0.2) is 50.5 Å². The number of halogens is 2. The van der Waals surface area contributed by atoms with Crippen LogP contribution in [0.15, 0.2) is 65.2 Å². The summed E-state index contributed by atoms with van der Waals surface area (Å²) in [6.07, 6.45) is 3.11. The lowest BCUT2D eigenvalue weighted by molar-refractivity contribution is -0.0712. The lowest BCUT2D eigenvalue weighted by Gasteiger charge is -2.33. The van der Waals surface area contributed by atoms with Gasteiger partial charge in [-0.2, -0.15) is 0 Å². The molecule has 232 valence electrons. The van der Waals surface area contributed by atoms with Crippen molar-refractivity contribution < 1.29 is 28.2 Å².